The molecule has 0 bridgehead atoms. The van der Waals surface area contributed by atoms with Crippen LogP contribution < -0.4 is 0 Å². The predicted molar refractivity (Wildman–Crippen MR) is 72.3 cm³/mol. The molecule has 0 unspecified atom stereocenters. The van der Waals surface area contributed by atoms with Crippen molar-refractivity contribution in [2.24, 2.45) is 0 Å². The van der Waals surface area contributed by atoms with Gasteiger partial charge in [0.15, 0.2) is 11.5 Å². The molecule has 0 aliphatic heterocycles. The summed E-state index contributed by atoms with van der Waals surface area (Å²) in [5.74, 6) is 1.48. The minimum atomic E-state index is 0.541. The maximum absolute atomic E-state index is 5.92. The lowest BCUT2D eigenvalue weighted by atomic mass is 10.1. The van der Waals surface area contributed by atoms with Crippen LogP contribution in [-0.4, -0.2) is 4.98 Å². The van der Waals surface area contributed by atoms with Crippen molar-refractivity contribution in [2.45, 2.75) is 44.9 Å². The quantitative estimate of drug-likeness (QED) is 0.794. The second kappa shape index (κ2) is 4.45. The van der Waals surface area contributed by atoms with Crippen molar-refractivity contribution in [2.75, 3.05) is 0 Å². The Balaban J connectivity index is 2.08. The van der Waals surface area contributed by atoms with Gasteiger partial charge in [-0.25, -0.2) is 4.98 Å². The highest BCUT2D eigenvalue weighted by Gasteiger charge is 2.22. The maximum atomic E-state index is 5.92. The molecule has 1 aliphatic rings. The van der Waals surface area contributed by atoms with Gasteiger partial charge in [-0.3, -0.25) is 0 Å². The van der Waals surface area contributed by atoms with Gasteiger partial charge in [-0.05, 0) is 52.9 Å². The van der Waals surface area contributed by atoms with Gasteiger partial charge in [-0.1, -0.05) is 19.8 Å². The Morgan fingerprint density at radius 3 is 2.82 bits per heavy atom. The molecule has 90 valence electrons. The molecule has 3 heteroatoms. The van der Waals surface area contributed by atoms with E-state index in [0.717, 1.165) is 27.9 Å². The molecule has 0 saturated heterocycles. The SMILES string of the molecule is CCc1cc(Br)c2oc(C3CCCC3)nc2c1. The van der Waals surface area contributed by atoms with Crippen LogP contribution in [0.25, 0.3) is 11.1 Å². The standard InChI is InChI=1S/C14H16BrNO/c1-2-9-7-11(15)13-12(8-9)16-14(17-13)10-5-3-4-6-10/h7-8,10H,2-6H2,1H3. The van der Waals surface area contributed by atoms with Crippen LogP contribution in [0.2, 0.25) is 0 Å². The van der Waals surface area contributed by atoms with Crippen LogP contribution in [0.4, 0.5) is 0 Å². The highest BCUT2D eigenvalue weighted by molar-refractivity contribution is 9.10. The van der Waals surface area contributed by atoms with Crippen molar-refractivity contribution in [1.29, 1.82) is 0 Å². The average Bonchev–Trinajstić information content (AvgIpc) is 2.96. The fourth-order valence-electron chi connectivity index (χ4n) is 2.62. The number of oxazole rings is 1. The van der Waals surface area contributed by atoms with Crippen LogP contribution in [0.3, 0.4) is 0 Å². The Hall–Kier alpha value is -0.830. The molecule has 2 aromatic rings. The molecule has 1 aliphatic carbocycles. The molecular weight excluding hydrogens is 278 g/mol. The molecule has 0 radical (unpaired) electrons. The summed E-state index contributed by atoms with van der Waals surface area (Å²) < 4.78 is 6.96. The molecular formula is C14H16BrNO. The second-order valence-corrected chi connectivity index (χ2v) is 5.67. The van der Waals surface area contributed by atoms with Crippen molar-refractivity contribution in [3.63, 3.8) is 0 Å². The summed E-state index contributed by atoms with van der Waals surface area (Å²) >= 11 is 3.58. The lowest BCUT2D eigenvalue weighted by Gasteiger charge is -2.00. The number of hydrogen-bond donors (Lipinski definition) is 0. The fourth-order valence-corrected chi connectivity index (χ4v) is 3.19. The number of benzene rings is 1. The van der Waals surface area contributed by atoms with Crippen LogP contribution >= 0.6 is 15.9 Å². The molecule has 1 aromatic heterocycles. The highest BCUT2D eigenvalue weighted by Crippen LogP contribution is 2.36. The molecule has 0 amide bonds. The summed E-state index contributed by atoms with van der Waals surface area (Å²) in [6, 6.07) is 4.27. The zero-order valence-corrected chi connectivity index (χ0v) is 11.6. The third kappa shape index (κ3) is 2.01. The minimum absolute atomic E-state index is 0.541. The number of nitrogens with zero attached hydrogens (tertiary/aromatic N) is 1. The normalized spacial score (nSPS) is 17.1. The van der Waals surface area contributed by atoms with E-state index in [1.165, 1.54) is 31.2 Å². The fraction of sp³-hybridized carbons (Fsp3) is 0.500. The molecule has 1 heterocycles. The van der Waals surface area contributed by atoms with Crippen molar-refractivity contribution >= 4 is 27.0 Å². The van der Waals surface area contributed by atoms with E-state index in [4.69, 9.17) is 4.42 Å². The zero-order chi connectivity index (χ0) is 11.8. The molecule has 1 fully saturated rings. The largest absolute Gasteiger partial charge is 0.439 e. The summed E-state index contributed by atoms with van der Waals surface area (Å²) in [4.78, 5) is 4.67. The summed E-state index contributed by atoms with van der Waals surface area (Å²) in [7, 11) is 0. The highest BCUT2D eigenvalue weighted by atomic mass is 79.9. The van der Waals surface area contributed by atoms with Crippen molar-refractivity contribution in [3.05, 3.63) is 28.1 Å². The Morgan fingerprint density at radius 1 is 1.35 bits per heavy atom. The topological polar surface area (TPSA) is 26.0 Å². The van der Waals surface area contributed by atoms with Crippen molar-refractivity contribution in [1.82, 2.24) is 4.98 Å². The zero-order valence-electron chi connectivity index (χ0n) is 10.0. The second-order valence-electron chi connectivity index (χ2n) is 4.81. The first-order valence-corrected chi connectivity index (χ1v) is 7.16. The third-order valence-electron chi connectivity index (χ3n) is 3.63. The molecule has 17 heavy (non-hydrogen) atoms. The van der Waals surface area contributed by atoms with E-state index in [0.29, 0.717) is 5.92 Å². The summed E-state index contributed by atoms with van der Waals surface area (Å²) in [5.41, 5.74) is 3.21. The van der Waals surface area contributed by atoms with Crippen molar-refractivity contribution < 1.29 is 4.42 Å². The maximum Gasteiger partial charge on any atom is 0.198 e. The Morgan fingerprint density at radius 2 is 2.12 bits per heavy atom. The lowest BCUT2D eigenvalue weighted by molar-refractivity contribution is 0.473. The van der Waals surface area contributed by atoms with E-state index in [-0.39, 0.29) is 0 Å². The summed E-state index contributed by atoms with van der Waals surface area (Å²) in [6.45, 7) is 2.16. The number of hydrogen-bond acceptors (Lipinski definition) is 2. The van der Waals surface area contributed by atoms with Gasteiger partial charge in [0.1, 0.15) is 5.52 Å². The van der Waals surface area contributed by atoms with Crippen LogP contribution in [0.1, 0.15) is 50.0 Å². The number of halogens is 1. The number of aromatic nitrogens is 1. The van der Waals surface area contributed by atoms with Crippen LogP contribution in [0.15, 0.2) is 21.0 Å². The van der Waals surface area contributed by atoms with Gasteiger partial charge >= 0.3 is 0 Å². The van der Waals surface area contributed by atoms with Crippen LogP contribution in [0, 0.1) is 0 Å². The molecule has 1 aromatic carbocycles. The molecule has 3 rings (SSSR count). The average molecular weight is 294 g/mol. The smallest absolute Gasteiger partial charge is 0.198 e. The molecule has 0 spiro atoms. The van der Waals surface area contributed by atoms with Gasteiger partial charge < -0.3 is 4.42 Å². The molecule has 0 atom stereocenters. The molecule has 2 nitrogen and oxygen atoms in total. The monoisotopic (exact) mass is 293 g/mol. The predicted octanol–water partition coefficient (Wildman–Crippen LogP) is 4.81. The van der Waals surface area contributed by atoms with Gasteiger partial charge in [-0.2, -0.15) is 0 Å². The van der Waals surface area contributed by atoms with Crippen molar-refractivity contribution in [3.8, 4) is 0 Å². The minimum Gasteiger partial charge on any atom is -0.439 e. The Kier molecular flexibility index (Phi) is 2.95. The first kappa shape index (κ1) is 11.3. The van der Waals surface area contributed by atoms with Gasteiger partial charge in [0.25, 0.3) is 0 Å². The lowest BCUT2D eigenvalue weighted by Crippen LogP contribution is -1.90. The van der Waals surface area contributed by atoms with E-state index in [2.05, 4.69) is 40.0 Å². The van der Waals surface area contributed by atoms with Crippen LogP contribution in [-0.2, 0) is 6.42 Å². The first-order chi connectivity index (χ1) is 8.28. The van der Waals surface area contributed by atoms with E-state index in [1.54, 1.807) is 0 Å². The Labute approximate surface area is 110 Å². The van der Waals surface area contributed by atoms with E-state index in [1.807, 2.05) is 0 Å². The van der Waals surface area contributed by atoms with Gasteiger partial charge in [-0.15, -0.1) is 0 Å². The van der Waals surface area contributed by atoms with E-state index >= 15 is 0 Å². The molecule has 0 N–H and O–H groups in total. The van der Waals surface area contributed by atoms with Crippen LogP contribution in [0.5, 0.6) is 0 Å². The van der Waals surface area contributed by atoms with E-state index < -0.39 is 0 Å². The van der Waals surface area contributed by atoms with Gasteiger partial charge in [0, 0.05) is 5.92 Å². The number of aryl methyl sites for hydroxylation is 1. The third-order valence-corrected chi connectivity index (χ3v) is 4.22. The molecule has 1 saturated carbocycles. The van der Waals surface area contributed by atoms with Gasteiger partial charge in [0.05, 0.1) is 4.47 Å². The Bertz CT molecular complexity index is 540. The van der Waals surface area contributed by atoms with E-state index in [9.17, 15) is 0 Å². The number of rotatable bonds is 2. The first-order valence-electron chi connectivity index (χ1n) is 6.36. The summed E-state index contributed by atoms with van der Waals surface area (Å²) in [6.07, 6.45) is 6.10. The summed E-state index contributed by atoms with van der Waals surface area (Å²) in [5, 5.41) is 0. The van der Waals surface area contributed by atoms with Gasteiger partial charge in [0.2, 0.25) is 0 Å². The number of fused-ring (bicyclic) bond motifs is 1.